The Labute approximate surface area is 226 Å². The zero-order valence-electron chi connectivity index (χ0n) is 21.4. The molecule has 3 heterocycles. The molecule has 1 saturated heterocycles. The number of carbonyl (C=O) groups excluding carboxylic acids is 2. The Morgan fingerprint density at radius 1 is 1.14 bits per heavy atom. The Kier molecular flexibility index (Phi) is 7.63. The molecule has 0 atom stereocenters. The molecule has 6 nitrogen and oxygen atoms in total. The Morgan fingerprint density at radius 2 is 1.89 bits per heavy atom. The van der Waals surface area contributed by atoms with Crippen LogP contribution in [0.2, 0.25) is 0 Å². The number of anilines is 1. The van der Waals surface area contributed by atoms with Crippen LogP contribution in [0, 0.1) is 0 Å². The number of halogens is 1. The second-order valence-electron chi connectivity index (χ2n) is 10.1. The van der Waals surface area contributed by atoms with Crippen molar-refractivity contribution in [1.82, 2.24) is 15.2 Å². The molecule has 3 aromatic rings. The van der Waals surface area contributed by atoms with Crippen molar-refractivity contribution in [2.75, 3.05) is 31.5 Å². The fourth-order valence-electron chi connectivity index (χ4n) is 5.27. The third-order valence-electron chi connectivity index (χ3n) is 7.11. The van der Waals surface area contributed by atoms with Gasteiger partial charge < -0.3 is 20.5 Å². The lowest BCUT2D eigenvalue weighted by Gasteiger charge is -2.15. The number of carbonyl (C=O) groups is 2. The van der Waals surface area contributed by atoms with Gasteiger partial charge in [0.2, 0.25) is 0 Å². The van der Waals surface area contributed by atoms with Gasteiger partial charge in [-0.3, -0.25) is 9.59 Å². The summed E-state index contributed by atoms with van der Waals surface area (Å²) in [5.41, 5.74) is 6.24. The minimum atomic E-state index is -0.152. The number of nitrogens with zero attached hydrogens (tertiary/aromatic N) is 1. The lowest BCUT2D eigenvalue weighted by molar-refractivity contribution is -0.110. The summed E-state index contributed by atoms with van der Waals surface area (Å²) in [6.07, 6.45) is 5.35. The van der Waals surface area contributed by atoms with Crippen molar-refractivity contribution in [2.45, 2.75) is 39.0 Å². The highest BCUT2D eigenvalue weighted by Crippen LogP contribution is 2.39. The molecule has 0 spiro atoms. The number of amides is 2. The number of benzene rings is 2. The number of aromatic amines is 1. The van der Waals surface area contributed by atoms with Crippen LogP contribution in [0.5, 0.6) is 0 Å². The molecule has 37 heavy (non-hydrogen) atoms. The molecule has 2 aliphatic heterocycles. The quantitative estimate of drug-likeness (QED) is 0.224. The molecule has 1 fully saturated rings. The Bertz CT molecular complexity index is 1340. The molecule has 2 aliphatic rings. The maximum Gasteiger partial charge on any atom is 0.256 e. The first-order valence-electron chi connectivity index (χ1n) is 13.1. The third kappa shape index (κ3) is 5.43. The molecule has 0 bridgehead atoms. The summed E-state index contributed by atoms with van der Waals surface area (Å²) >= 11 is 3.52. The van der Waals surface area contributed by atoms with Gasteiger partial charge in [-0.15, -0.1) is 0 Å². The number of rotatable bonds is 8. The number of aromatic nitrogens is 1. The SMILES string of the molecule is CC(C)c1[nH]c(C=C2C(=O)Nc3ccc(Br)cc32)c(-c2ccccc2)c1C(=O)NCCCN1CCCC1. The minimum Gasteiger partial charge on any atom is -0.357 e. The van der Waals surface area contributed by atoms with Gasteiger partial charge in [-0.1, -0.05) is 60.1 Å². The Morgan fingerprint density at radius 3 is 2.62 bits per heavy atom. The van der Waals surface area contributed by atoms with E-state index in [9.17, 15) is 9.59 Å². The Hall–Kier alpha value is -3.16. The fraction of sp³-hybridized carbons (Fsp3) is 0.333. The van der Waals surface area contributed by atoms with Crippen LogP contribution in [0.4, 0.5) is 5.69 Å². The van der Waals surface area contributed by atoms with E-state index < -0.39 is 0 Å². The molecule has 0 radical (unpaired) electrons. The number of hydrogen-bond donors (Lipinski definition) is 3. The van der Waals surface area contributed by atoms with Gasteiger partial charge in [0, 0.05) is 39.2 Å². The van der Waals surface area contributed by atoms with Crippen molar-refractivity contribution in [2.24, 2.45) is 0 Å². The monoisotopic (exact) mass is 560 g/mol. The van der Waals surface area contributed by atoms with Crippen LogP contribution in [-0.2, 0) is 4.79 Å². The van der Waals surface area contributed by atoms with Gasteiger partial charge in [-0.2, -0.15) is 0 Å². The van der Waals surface area contributed by atoms with Gasteiger partial charge in [0.25, 0.3) is 11.8 Å². The van der Waals surface area contributed by atoms with Gasteiger partial charge in [0.05, 0.1) is 11.1 Å². The molecule has 0 saturated carbocycles. The van der Waals surface area contributed by atoms with Crippen molar-refractivity contribution in [1.29, 1.82) is 0 Å². The highest BCUT2D eigenvalue weighted by Gasteiger charge is 2.28. The lowest BCUT2D eigenvalue weighted by Crippen LogP contribution is -2.29. The van der Waals surface area contributed by atoms with Crippen LogP contribution in [-0.4, -0.2) is 47.9 Å². The molecule has 7 heteroatoms. The molecular weight excluding hydrogens is 528 g/mol. The lowest BCUT2D eigenvalue weighted by atomic mass is 9.95. The smallest absolute Gasteiger partial charge is 0.256 e. The van der Waals surface area contributed by atoms with Crippen molar-refractivity contribution < 1.29 is 9.59 Å². The topological polar surface area (TPSA) is 77.2 Å². The van der Waals surface area contributed by atoms with Crippen LogP contribution < -0.4 is 10.6 Å². The van der Waals surface area contributed by atoms with Gasteiger partial charge in [-0.25, -0.2) is 0 Å². The highest BCUT2D eigenvalue weighted by atomic mass is 79.9. The predicted molar refractivity (Wildman–Crippen MR) is 154 cm³/mol. The van der Waals surface area contributed by atoms with Crippen molar-refractivity contribution >= 4 is 45.1 Å². The van der Waals surface area contributed by atoms with E-state index in [1.807, 2.05) is 54.6 Å². The summed E-state index contributed by atoms with van der Waals surface area (Å²) in [4.78, 5) is 32.6. The molecule has 0 unspecified atom stereocenters. The summed E-state index contributed by atoms with van der Waals surface area (Å²) in [5, 5.41) is 6.13. The van der Waals surface area contributed by atoms with Crippen molar-refractivity contribution in [3.05, 3.63) is 75.5 Å². The first-order chi connectivity index (χ1) is 17.9. The molecule has 5 rings (SSSR count). The first kappa shape index (κ1) is 25.5. The van der Waals surface area contributed by atoms with Gasteiger partial charge in [0.1, 0.15) is 0 Å². The van der Waals surface area contributed by atoms with Crippen LogP contribution in [0.25, 0.3) is 22.8 Å². The van der Waals surface area contributed by atoms with Crippen molar-refractivity contribution in [3.8, 4) is 11.1 Å². The van der Waals surface area contributed by atoms with Gasteiger partial charge in [-0.05, 0) is 74.7 Å². The molecule has 0 aliphatic carbocycles. The van der Waals surface area contributed by atoms with Gasteiger partial charge in [0.15, 0.2) is 0 Å². The number of likely N-dealkylation sites (tertiary alicyclic amines) is 1. The minimum absolute atomic E-state index is 0.0797. The molecule has 2 amide bonds. The molecular formula is C30H33BrN4O2. The number of nitrogens with one attached hydrogen (secondary N) is 3. The maximum atomic E-state index is 13.7. The van der Waals surface area contributed by atoms with Crippen LogP contribution in [0.3, 0.4) is 0 Å². The van der Waals surface area contributed by atoms with E-state index in [4.69, 9.17) is 0 Å². The van der Waals surface area contributed by atoms with Gasteiger partial charge >= 0.3 is 0 Å². The van der Waals surface area contributed by atoms with Crippen LogP contribution >= 0.6 is 15.9 Å². The average molecular weight is 562 g/mol. The van der Waals surface area contributed by atoms with E-state index in [2.05, 4.69) is 50.3 Å². The summed E-state index contributed by atoms with van der Waals surface area (Å²) < 4.78 is 0.903. The fourth-order valence-corrected chi connectivity index (χ4v) is 5.63. The zero-order chi connectivity index (χ0) is 25.9. The summed E-state index contributed by atoms with van der Waals surface area (Å²) in [6.45, 7) is 8.12. The average Bonchev–Trinajstić information content (AvgIpc) is 3.61. The predicted octanol–water partition coefficient (Wildman–Crippen LogP) is 6.28. The van der Waals surface area contributed by atoms with E-state index in [0.29, 0.717) is 17.7 Å². The summed E-state index contributed by atoms with van der Waals surface area (Å²) in [5.74, 6) is -0.136. The van der Waals surface area contributed by atoms with E-state index >= 15 is 0 Å². The zero-order valence-corrected chi connectivity index (χ0v) is 23.0. The molecule has 192 valence electrons. The van der Waals surface area contributed by atoms with E-state index in [1.165, 1.54) is 12.8 Å². The number of fused-ring (bicyclic) bond motifs is 1. The molecule has 3 N–H and O–H groups in total. The molecule has 2 aromatic carbocycles. The van der Waals surface area contributed by atoms with E-state index in [1.54, 1.807) is 0 Å². The molecule has 1 aromatic heterocycles. The number of H-pyrrole nitrogens is 1. The van der Waals surface area contributed by atoms with E-state index in [-0.39, 0.29) is 17.7 Å². The highest BCUT2D eigenvalue weighted by molar-refractivity contribution is 9.10. The summed E-state index contributed by atoms with van der Waals surface area (Å²) in [7, 11) is 0. The maximum absolute atomic E-state index is 13.7. The number of hydrogen-bond acceptors (Lipinski definition) is 3. The van der Waals surface area contributed by atoms with Crippen LogP contribution in [0.1, 0.15) is 66.3 Å². The summed E-state index contributed by atoms with van der Waals surface area (Å²) in [6, 6.07) is 15.7. The second-order valence-corrected chi connectivity index (χ2v) is 11.0. The normalized spacial score (nSPS) is 16.4. The van der Waals surface area contributed by atoms with E-state index in [0.717, 1.165) is 64.3 Å². The standard InChI is InChI=1S/C30H33BrN4O2/c1-19(2)28-27(30(37)32-13-8-16-35-14-6-7-15-35)26(20-9-4-3-5-10-20)25(33-28)18-23-22-17-21(31)11-12-24(22)34-29(23)36/h3-5,9-12,17-19,33H,6-8,13-16H2,1-2H3,(H,32,37)(H,34,36). The Balaban J connectivity index is 1.53. The second kappa shape index (κ2) is 11.1. The third-order valence-corrected chi connectivity index (χ3v) is 7.61. The largest absolute Gasteiger partial charge is 0.357 e. The first-order valence-corrected chi connectivity index (χ1v) is 13.9. The van der Waals surface area contributed by atoms with Crippen LogP contribution in [0.15, 0.2) is 53.0 Å². The van der Waals surface area contributed by atoms with Crippen molar-refractivity contribution in [3.63, 3.8) is 0 Å².